The van der Waals surface area contributed by atoms with Gasteiger partial charge in [-0.15, -0.1) is 0 Å². The Hall–Kier alpha value is -4.00. The fraction of sp³-hybridized carbons (Fsp3) is 0.125. The first-order chi connectivity index (χ1) is 15.0. The minimum atomic E-state index is -0.782. The highest BCUT2D eigenvalue weighted by Crippen LogP contribution is 2.21. The highest BCUT2D eigenvalue weighted by atomic mass is 19.1. The van der Waals surface area contributed by atoms with Gasteiger partial charge in [0, 0.05) is 5.56 Å². The second-order valence-corrected chi connectivity index (χ2v) is 6.68. The van der Waals surface area contributed by atoms with Crippen LogP contribution in [0.5, 0.6) is 0 Å². The molecule has 0 spiro atoms. The van der Waals surface area contributed by atoms with E-state index in [4.69, 9.17) is 4.74 Å². The predicted molar refractivity (Wildman–Crippen MR) is 113 cm³/mol. The Morgan fingerprint density at radius 1 is 0.839 bits per heavy atom. The lowest BCUT2D eigenvalue weighted by molar-refractivity contribution is -0.147. The molecule has 0 saturated heterocycles. The number of esters is 1. The van der Waals surface area contributed by atoms with Crippen LogP contribution < -0.4 is 10.6 Å². The van der Waals surface area contributed by atoms with Gasteiger partial charge in [0.05, 0.1) is 6.04 Å². The normalized spacial score (nSPS) is 10.4. The van der Waals surface area contributed by atoms with E-state index in [2.05, 4.69) is 10.6 Å². The average molecular weight is 420 g/mol. The van der Waals surface area contributed by atoms with E-state index in [9.17, 15) is 18.8 Å². The van der Waals surface area contributed by atoms with Crippen LogP contribution in [0.2, 0.25) is 0 Å². The van der Waals surface area contributed by atoms with Crippen LogP contribution in [0.25, 0.3) is 0 Å². The van der Waals surface area contributed by atoms with Gasteiger partial charge in [-0.25, -0.2) is 4.39 Å². The summed E-state index contributed by atoms with van der Waals surface area (Å²) in [7, 11) is 0. The first-order valence-electron chi connectivity index (χ1n) is 9.61. The van der Waals surface area contributed by atoms with E-state index in [1.807, 2.05) is 60.7 Å². The lowest BCUT2D eigenvalue weighted by Gasteiger charge is -2.20. The van der Waals surface area contributed by atoms with E-state index in [0.29, 0.717) is 0 Å². The molecular formula is C24H21FN2O4. The molecule has 0 atom stereocenters. The zero-order valence-electron chi connectivity index (χ0n) is 16.6. The maximum absolute atomic E-state index is 13.2. The van der Waals surface area contributed by atoms with Crippen LogP contribution in [0.4, 0.5) is 4.39 Å². The monoisotopic (exact) mass is 420 g/mol. The standard InChI is InChI=1S/C24H21FN2O4/c25-20-13-7-12-19(14-20)24(30)26-15-22(29)31-16-21(28)27-23(17-8-3-1-4-9-17)18-10-5-2-6-11-18/h1-14,23H,15-16H2,(H,26,30)(H,27,28). The Labute approximate surface area is 179 Å². The van der Waals surface area contributed by atoms with Gasteiger partial charge in [-0.05, 0) is 29.3 Å². The number of ether oxygens (including phenoxy) is 1. The first-order valence-corrected chi connectivity index (χ1v) is 9.61. The molecular weight excluding hydrogens is 399 g/mol. The molecule has 2 amide bonds. The van der Waals surface area contributed by atoms with E-state index in [0.717, 1.165) is 17.2 Å². The van der Waals surface area contributed by atoms with Crippen molar-refractivity contribution in [2.75, 3.05) is 13.2 Å². The summed E-state index contributed by atoms with van der Waals surface area (Å²) in [6, 6.07) is 23.5. The Morgan fingerprint density at radius 2 is 1.45 bits per heavy atom. The minimum Gasteiger partial charge on any atom is -0.454 e. The molecule has 158 valence electrons. The maximum atomic E-state index is 13.2. The third-order valence-corrected chi connectivity index (χ3v) is 4.42. The van der Waals surface area contributed by atoms with Crippen LogP contribution in [0.3, 0.4) is 0 Å². The van der Waals surface area contributed by atoms with Crippen molar-refractivity contribution in [2.45, 2.75) is 6.04 Å². The van der Waals surface area contributed by atoms with Gasteiger partial charge < -0.3 is 15.4 Å². The Kier molecular flexibility index (Phi) is 7.48. The van der Waals surface area contributed by atoms with Gasteiger partial charge in [0.15, 0.2) is 6.61 Å². The van der Waals surface area contributed by atoms with Crippen molar-refractivity contribution in [1.29, 1.82) is 0 Å². The number of rotatable bonds is 8. The van der Waals surface area contributed by atoms with Gasteiger partial charge in [-0.3, -0.25) is 14.4 Å². The average Bonchev–Trinajstić information content (AvgIpc) is 2.80. The van der Waals surface area contributed by atoms with Crippen LogP contribution in [0.1, 0.15) is 27.5 Å². The van der Waals surface area contributed by atoms with E-state index in [1.165, 1.54) is 18.2 Å². The molecule has 3 aromatic carbocycles. The van der Waals surface area contributed by atoms with Crippen LogP contribution >= 0.6 is 0 Å². The highest BCUT2D eigenvalue weighted by Gasteiger charge is 2.18. The fourth-order valence-electron chi connectivity index (χ4n) is 2.93. The van der Waals surface area contributed by atoms with Crippen molar-refractivity contribution < 1.29 is 23.5 Å². The van der Waals surface area contributed by atoms with Crippen molar-refractivity contribution in [1.82, 2.24) is 10.6 Å². The van der Waals surface area contributed by atoms with E-state index < -0.39 is 42.8 Å². The van der Waals surface area contributed by atoms with Crippen LogP contribution in [-0.4, -0.2) is 30.9 Å². The van der Waals surface area contributed by atoms with Crippen molar-refractivity contribution in [3.8, 4) is 0 Å². The third-order valence-electron chi connectivity index (χ3n) is 4.42. The van der Waals surface area contributed by atoms with Crippen LogP contribution in [-0.2, 0) is 14.3 Å². The molecule has 0 saturated carbocycles. The summed E-state index contributed by atoms with van der Waals surface area (Å²) in [5.41, 5.74) is 1.85. The number of halogens is 1. The lowest BCUT2D eigenvalue weighted by atomic mass is 9.99. The molecule has 0 fully saturated rings. The Bertz CT molecular complexity index is 1000. The quantitative estimate of drug-likeness (QED) is 0.549. The molecule has 3 aromatic rings. The Balaban J connectivity index is 1.52. The van der Waals surface area contributed by atoms with E-state index >= 15 is 0 Å². The Morgan fingerprint density at radius 3 is 2.03 bits per heavy atom. The van der Waals surface area contributed by atoms with Gasteiger partial charge in [0.1, 0.15) is 12.4 Å². The summed E-state index contributed by atoms with van der Waals surface area (Å²) in [4.78, 5) is 36.2. The molecule has 0 aliphatic carbocycles. The number of carbonyl (C=O) groups is 3. The van der Waals surface area contributed by atoms with Gasteiger partial charge in [-0.2, -0.15) is 0 Å². The summed E-state index contributed by atoms with van der Waals surface area (Å²) in [6.45, 7) is -0.936. The molecule has 0 aliphatic rings. The molecule has 2 N–H and O–H groups in total. The molecule has 0 unspecified atom stereocenters. The summed E-state index contributed by atoms with van der Waals surface area (Å²) >= 11 is 0. The first kappa shape index (κ1) is 21.7. The van der Waals surface area contributed by atoms with Gasteiger partial charge >= 0.3 is 5.97 Å². The van der Waals surface area contributed by atoms with Crippen molar-refractivity contribution in [3.63, 3.8) is 0 Å². The summed E-state index contributed by atoms with van der Waals surface area (Å²) < 4.78 is 18.1. The minimum absolute atomic E-state index is 0.0825. The molecule has 0 bridgehead atoms. The summed E-state index contributed by atoms with van der Waals surface area (Å²) in [6.07, 6.45) is 0. The summed E-state index contributed by atoms with van der Waals surface area (Å²) in [5, 5.41) is 5.19. The smallest absolute Gasteiger partial charge is 0.325 e. The molecule has 0 heterocycles. The summed E-state index contributed by atoms with van der Waals surface area (Å²) in [5.74, 6) is -2.44. The lowest BCUT2D eigenvalue weighted by Crippen LogP contribution is -2.35. The van der Waals surface area contributed by atoms with E-state index in [1.54, 1.807) is 0 Å². The molecule has 6 nitrogen and oxygen atoms in total. The fourth-order valence-corrected chi connectivity index (χ4v) is 2.93. The van der Waals surface area contributed by atoms with Crippen molar-refractivity contribution in [3.05, 3.63) is 107 Å². The third kappa shape index (κ3) is 6.50. The van der Waals surface area contributed by atoms with Crippen molar-refractivity contribution in [2.24, 2.45) is 0 Å². The van der Waals surface area contributed by atoms with Crippen LogP contribution in [0, 0.1) is 5.82 Å². The topological polar surface area (TPSA) is 84.5 Å². The number of hydrogen-bond donors (Lipinski definition) is 2. The number of hydrogen-bond acceptors (Lipinski definition) is 4. The molecule has 7 heteroatoms. The number of nitrogens with one attached hydrogen (secondary N) is 2. The SMILES string of the molecule is O=C(COC(=O)CNC(=O)c1cccc(F)c1)NC(c1ccccc1)c1ccccc1. The maximum Gasteiger partial charge on any atom is 0.325 e. The zero-order valence-corrected chi connectivity index (χ0v) is 16.6. The van der Waals surface area contributed by atoms with Gasteiger partial charge in [0.25, 0.3) is 11.8 Å². The second-order valence-electron chi connectivity index (χ2n) is 6.68. The molecule has 0 radical (unpaired) electrons. The van der Waals surface area contributed by atoms with Crippen molar-refractivity contribution >= 4 is 17.8 Å². The van der Waals surface area contributed by atoms with Gasteiger partial charge in [-0.1, -0.05) is 66.7 Å². The van der Waals surface area contributed by atoms with E-state index in [-0.39, 0.29) is 5.56 Å². The number of amides is 2. The number of carbonyl (C=O) groups excluding carboxylic acids is 3. The predicted octanol–water partition coefficient (Wildman–Crippen LogP) is 3.00. The largest absolute Gasteiger partial charge is 0.454 e. The van der Waals surface area contributed by atoms with Crippen LogP contribution in [0.15, 0.2) is 84.9 Å². The second kappa shape index (κ2) is 10.7. The molecule has 0 aliphatic heterocycles. The zero-order chi connectivity index (χ0) is 22.1. The molecule has 0 aromatic heterocycles. The highest BCUT2D eigenvalue weighted by molar-refractivity contribution is 5.96. The number of benzene rings is 3. The molecule has 3 rings (SSSR count). The van der Waals surface area contributed by atoms with Gasteiger partial charge in [0.2, 0.25) is 0 Å². The molecule has 31 heavy (non-hydrogen) atoms.